The molecule has 19 heavy (non-hydrogen) atoms. The SMILES string of the molecule is CC(NC(=O)CCOc1cccc(N)c1)C(C)(C)C. The molecule has 0 radical (unpaired) electrons. The van der Waals surface area contributed by atoms with Gasteiger partial charge in [-0.2, -0.15) is 0 Å². The largest absolute Gasteiger partial charge is 0.493 e. The summed E-state index contributed by atoms with van der Waals surface area (Å²) in [6, 6.07) is 7.33. The number of nitrogen functional groups attached to an aromatic ring is 1. The Morgan fingerprint density at radius 1 is 1.42 bits per heavy atom. The summed E-state index contributed by atoms with van der Waals surface area (Å²) >= 11 is 0. The minimum atomic E-state index is 0.00586. The van der Waals surface area contributed by atoms with Crippen LogP contribution < -0.4 is 15.8 Å². The van der Waals surface area contributed by atoms with Crippen LogP contribution in [0.1, 0.15) is 34.1 Å². The lowest BCUT2D eigenvalue weighted by atomic mass is 9.88. The van der Waals surface area contributed by atoms with Crippen molar-refractivity contribution in [2.45, 2.75) is 40.2 Å². The van der Waals surface area contributed by atoms with Gasteiger partial charge in [-0.15, -0.1) is 0 Å². The highest BCUT2D eigenvalue weighted by atomic mass is 16.5. The van der Waals surface area contributed by atoms with Crippen LogP contribution in [0.2, 0.25) is 0 Å². The maximum atomic E-state index is 11.7. The van der Waals surface area contributed by atoms with Gasteiger partial charge in [0, 0.05) is 17.8 Å². The van der Waals surface area contributed by atoms with Crippen molar-refractivity contribution in [2.75, 3.05) is 12.3 Å². The van der Waals surface area contributed by atoms with Crippen molar-refractivity contribution < 1.29 is 9.53 Å². The fourth-order valence-corrected chi connectivity index (χ4v) is 1.40. The molecule has 0 aliphatic heterocycles. The number of hydrogen-bond acceptors (Lipinski definition) is 3. The summed E-state index contributed by atoms with van der Waals surface area (Å²) in [6.07, 6.45) is 0.342. The number of carbonyl (C=O) groups is 1. The second-order valence-corrected chi connectivity index (χ2v) is 5.83. The molecule has 0 aliphatic carbocycles. The fraction of sp³-hybridized carbons (Fsp3) is 0.533. The Morgan fingerprint density at radius 3 is 2.68 bits per heavy atom. The third-order valence-electron chi connectivity index (χ3n) is 3.13. The molecule has 0 saturated carbocycles. The smallest absolute Gasteiger partial charge is 0.223 e. The van der Waals surface area contributed by atoms with Gasteiger partial charge in [-0.1, -0.05) is 26.8 Å². The molecule has 1 aromatic rings. The molecule has 1 rings (SSSR count). The van der Waals surface area contributed by atoms with E-state index in [4.69, 9.17) is 10.5 Å². The maximum Gasteiger partial charge on any atom is 0.223 e. The fourth-order valence-electron chi connectivity index (χ4n) is 1.40. The molecule has 106 valence electrons. The van der Waals surface area contributed by atoms with Crippen LogP contribution in [0.3, 0.4) is 0 Å². The summed E-state index contributed by atoms with van der Waals surface area (Å²) in [5.41, 5.74) is 6.36. The van der Waals surface area contributed by atoms with Crippen LogP contribution >= 0.6 is 0 Å². The maximum absolute atomic E-state index is 11.7. The molecule has 1 unspecified atom stereocenters. The average Bonchev–Trinajstić information content (AvgIpc) is 2.27. The Hall–Kier alpha value is -1.71. The Kier molecular flexibility index (Phi) is 5.21. The molecule has 0 aliphatic rings. The van der Waals surface area contributed by atoms with E-state index in [0.717, 1.165) is 0 Å². The van der Waals surface area contributed by atoms with E-state index in [1.54, 1.807) is 12.1 Å². The number of nitrogens with one attached hydrogen (secondary N) is 1. The molecule has 0 fully saturated rings. The minimum absolute atomic E-state index is 0.00586. The van der Waals surface area contributed by atoms with Gasteiger partial charge >= 0.3 is 0 Å². The van der Waals surface area contributed by atoms with Crippen LogP contribution in [0.4, 0.5) is 5.69 Å². The molecular weight excluding hydrogens is 240 g/mol. The summed E-state index contributed by atoms with van der Waals surface area (Å²) < 4.78 is 5.48. The zero-order valence-corrected chi connectivity index (χ0v) is 12.2. The summed E-state index contributed by atoms with van der Waals surface area (Å²) in [5.74, 6) is 0.697. The number of anilines is 1. The number of hydrogen-bond donors (Lipinski definition) is 2. The molecule has 0 aromatic heterocycles. The van der Waals surface area contributed by atoms with Crippen molar-refractivity contribution in [3.05, 3.63) is 24.3 Å². The second kappa shape index (κ2) is 6.45. The highest BCUT2D eigenvalue weighted by molar-refractivity contribution is 5.76. The van der Waals surface area contributed by atoms with Gasteiger partial charge < -0.3 is 15.8 Å². The molecule has 0 heterocycles. The Labute approximate surface area is 115 Å². The van der Waals surface area contributed by atoms with Crippen LogP contribution in [-0.4, -0.2) is 18.6 Å². The number of benzene rings is 1. The highest BCUT2D eigenvalue weighted by Gasteiger charge is 2.21. The Balaban J connectivity index is 2.32. The van der Waals surface area contributed by atoms with E-state index in [1.165, 1.54) is 0 Å². The first kappa shape index (κ1) is 15.3. The predicted molar refractivity (Wildman–Crippen MR) is 78.0 cm³/mol. The Morgan fingerprint density at radius 2 is 2.11 bits per heavy atom. The lowest BCUT2D eigenvalue weighted by Gasteiger charge is -2.28. The van der Waals surface area contributed by atoms with Gasteiger partial charge in [-0.05, 0) is 24.5 Å². The van der Waals surface area contributed by atoms with Gasteiger partial charge in [0.2, 0.25) is 5.91 Å². The van der Waals surface area contributed by atoms with Crippen LogP contribution in [0.5, 0.6) is 5.75 Å². The molecule has 0 saturated heterocycles. The number of ether oxygens (including phenoxy) is 1. The van der Waals surface area contributed by atoms with E-state index >= 15 is 0 Å². The summed E-state index contributed by atoms with van der Waals surface area (Å²) in [5, 5.41) is 2.97. The molecule has 4 heteroatoms. The van der Waals surface area contributed by atoms with Crippen molar-refractivity contribution in [3.8, 4) is 5.75 Å². The highest BCUT2D eigenvalue weighted by Crippen LogP contribution is 2.18. The topological polar surface area (TPSA) is 64.3 Å². The average molecular weight is 264 g/mol. The van der Waals surface area contributed by atoms with Crippen molar-refractivity contribution >= 4 is 11.6 Å². The zero-order chi connectivity index (χ0) is 14.5. The van der Waals surface area contributed by atoms with Gasteiger partial charge in [-0.25, -0.2) is 0 Å². The first-order valence-electron chi connectivity index (χ1n) is 6.57. The van der Waals surface area contributed by atoms with Crippen molar-refractivity contribution in [1.29, 1.82) is 0 Å². The monoisotopic (exact) mass is 264 g/mol. The van der Waals surface area contributed by atoms with Gasteiger partial charge in [0.1, 0.15) is 5.75 Å². The third kappa shape index (κ3) is 5.64. The molecule has 1 aromatic carbocycles. The molecule has 0 bridgehead atoms. The molecule has 1 amide bonds. The summed E-state index contributed by atoms with van der Waals surface area (Å²) in [4.78, 5) is 11.7. The molecule has 4 nitrogen and oxygen atoms in total. The van der Waals surface area contributed by atoms with Gasteiger partial charge in [0.25, 0.3) is 0 Å². The van der Waals surface area contributed by atoms with Crippen LogP contribution in [0.15, 0.2) is 24.3 Å². The first-order valence-corrected chi connectivity index (χ1v) is 6.57. The molecule has 3 N–H and O–H groups in total. The van der Waals surface area contributed by atoms with E-state index in [2.05, 4.69) is 26.1 Å². The minimum Gasteiger partial charge on any atom is -0.493 e. The van der Waals surface area contributed by atoms with Crippen LogP contribution in [0, 0.1) is 5.41 Å². The van der Waals surface area contributed by atoms with E-state index in [9.17, 15) is 4.79 Å². The number of amides is 1. The summed E-state index contributed by atoms with van der Waals surface area (Å²) in [7, 11) is 0. The van der Waals surface area contributed by atoms with Crippen molar-refractivity contribution in [2.24, 2.45) is 5.41 Å². The molecular formula is C15H24N2O2. The number of rotatable bonds is 5. The number of nitrogens with two attached hydrogens (primary N) is 1. The molecule has 0 spiro atoms. The third-order valence-corrected chi connectivity index (χ3v) is 3.13. The second-order valence-electron chi connectivity index (χ2n) is 5.83. The summed E-state index contributed by atoms with van der Waals surface area (Å²) in [6.45, 7) is 8.66. The quantitative estimate of drug-likeness (QED) is 0.803. The normalized spacial score (nSPS) is 12.8. The predicted octanol–water partition coefficient (Wildman–Crippen LogP) is 2.59. The van der Waals surface area contributed by atoms with Gasteiger partial charge in [-0.3, -0.25) is 4.79 Å². The van der Waals surface area contributed by atoms with Gasteiger partial charge in [0.05, 0.1) is 13.0 Å². The van der Waals surface area contributed by atoms with E-state index < -0.39 is 0 Å². The lowest BCUT2D eigenvalue weighted by molar-refractivity contribution is -0.122. The molecule has 1 atom stereocenters. The van der Waals surface area contributed by atoms with Crippen LogP contribution in [-0.2, 0) is 4.79 Å². The lowest BCUT2D eigenvalue weighted by Crippen LogP contribution is -2.41. The standard InChI is InChI=1S/C15H24N2O2/c1-11(15(2,3)4)17-14(18)8-9-19-13-7-5-6-12(16)10-13/h5-7,10-11H,8-9,16H2,1-4H3,(H,17,18). The van der Waals surface area contributed by atoms with E-state index in [-0.39, 0.29) is 17.4 Å². The van der Waals surface area contributed by atoms with Crippen molar-refractivity contribution in [3.63, 3.8) is 0 Å². The Bertz CT molecular complexity index is 424. The zero-order valence-electron chi connectivity index (χ0n) is 12.2. The van der Waals surface area contributed by atoms with Crippen LogP contribution in [0.25, 0.3) is 0 Å². The number of carbonyl (C=O) groups excluding carboxylic acids is 1. The van der Waals surface area contributed by atoms with Gasteiger partial charge in [0.15, 0.2) is 0 Å². The van der Waals surface area contributed by atoms with E-state index in [0.29, 0.717) is 24.5 Å². The first-order chi connectivity index (χ1) is 8.79. The van der Waals surface area contributed by atoms with E-state index in [1.807, 2.05) is 19.1 Å². The van der Waals surface area contributed by atoms with Crippen molar-refractivity contribution in [1.82, 2.24) is 5.32 Å².